The number of rotatable bonds is 3. The van der Waals surface area contributed by atoms with E-state index in [1.165, 1.54) is 17.4 Å². The zero-order valence-corrected chi connectivity index (χ0v) is 12.9. The quantitative estimate of drug-likeness (QED) is 0.505. The van der Waals surface area contributed by atoms with E-state index >= 15 is 0 Å². The largest absolute Gasteiger partial charge is 0.288 e. The summed E-state index contributed by atoms with van der Waals surface area (Å²) in [6, 6.07) is 6.95. The van der Waals surface area contributed by atoms with E-state index in [2.05, 4.69) is 15.9 Å². The molecule has 2 rings (SSSR count). The highest BCUT2D eigenvalue weighted by molar-refractivity contribution is 9.10. The minimum absolute atomic E-state index is 0.0447. The lowest BCUT2D eigenvalue weighted by molar-refractivity contribution is 0.105. The van der Waals surface area contributed by atoms with Gasteiger partial charge in [-0.25, -0.2) is 0 Å². The van der Waals surface area contributed by atoms with Gasteiger partial charge >= 0.3 is 0 Å². The van der Waals surface area contributed by atoms with Crippen LogP contribution in [0.15, 0.2) is 40.2 Å². The molecule has 18 heavy (non-hydrogen) atoms. The van der Waals surface area contributed by atoms with Gasteiger partial charge in [0.2, 0.25) is 0 Å². The van der Waals surface area contributed by atoms with E-state index in [4.69, 9.17) is 23.2 Å². The molecule has 5 heteroatoms. The van der Waals surface area contributed by atoms with Crippen LogP contribution in [-0.4, -0.2) is 5.78 Å². The van der Waals surface area contributed by atoms with Crippen molar-refractivity contribution in [3.8, 4) is 0 Å². The third-order valence-corrected chi connectivity index (χ3v) is 4.46. The number of thiophene rings is 1. The van der Waals surface area contributed by atoms with Gasteiger partial charge in [-0.1, -0.05) is 29.3 Å². The fourth-order valence-corrected chi connectivity index (χ4v) is 3.15. The topological polar surface area (TPSA) is 17.1 Å². The summed E-state index contributed by atoms with van der Waals surface area (Å²) in [4.78, 5) is 12.5. The molecular weight excluding hydrogens is 355 g/mol. The summed E-state index contributed by atoms with van der Waals surface area (Å²) in [6.45, 7) is 0. The Hall–Kier alpha value is -0.610. The van der Waals surface area contributed by atoms with Crippen LogP contribution < -0.4 is 0 Å². The first-order valence-corrected chi connectivity index (χ1v) is 7.40. The molecule has 0 radical (unpaired) electrons. The SMILES string of the molecule is O=C(/C=C/c1ccc(Cl)cc1Cl)c1cc(Br)cs1. The van der Waals surface area contributed by atoms with Gasteiger partial charge in [0.1, 0.15) is 0 Å². The smallest absolute Gasteiger partial charge is 0.195 e. The Morgan fingerprint density at radius 3 is 2.67 bits per heavy atom. The van der Waals surface area contributed by atoms with Crippen LogP contribution in [0.3, 0.4) is 0 Å². The van der Waals surface area contributed by atoms with Gasteiger partial charge in [-0.05, 0) is 51.8 Å². The summed E-state index contributed by atoms with van der Waals surface area (Å²) in [6.07, 6.45) is 3.20. The van der Waals surface area contributed by atoms with E-state index < -0.39 is 0 Å². The van der Waals surface area contributed by atoms with Crippen molar-refractivity contribution in [3.05, 3.63) is 60.7 Å². The average Bonchev–Trinajstić information content (AvgIpc) is 2.74. The lowest BCUT2D eigenvalue weighted by Gasteiger charge is -1.98. The van der Waals surface area contributed by atoms with Gasteiger partial charge in [-0.15, -0.1) is 11.3 Å². The Balaban J connectivity index is 2.18. The first kappa shape index (κ1) is 13.8. The fourth-order valence-electron chi connectivity index (χ4n) is 1.33. The fraction of sp³-hybridized carbons (Fsp3) is 0. The van der Waals surface area contributed by atoms with Gasteiger partial charge in [-0.3, -0.25) is 4.79 Å². The number of ketones is 1. The molecule has 0 aliphatic heterocycles. The minimum Gasteiger partial charge on any atom is -0.288 e. The number of hydrogen-bond donors (Lipinski definition) is 0. The maximum Gasteiger partial charge on any atom is 0.195 e. The molecule has 92 valence electrons. The van der Waals surface area contributed by atoms with Gasteiger partial charge < -0.3 is 0 Å². The summed E-state index contributed by atoms with van der Waals surface area (Å²) >= 11 is 16.5. The number of halogens is 3. The summed E-state index contributed by atoms with van der Waals surface area (Å²) in [5.41, 5.74) is 0.769. The molecule has 1 nitrogen and oxygen atoms in total. The summed E-state index contributed by atoms with van der Waals surface area (Å²) < 4.78 is 0.911. The second-order valence-electron chi connectivity index (χ2n) is 3.49. The lowest BCUT2D eigenvalue weighted by Crippen LogP contribution is -1.89. The van der Waals surface area contributed by atoms with Crippen LogP contribution in [0.2, 0.25) is 10.0 Å². The minimum atomic E-state index is -0.0447. The molecule has 0 atom stereocenters. The first-order valence-electron chi connectivity index (χ1n) is 4.98. The van der Waals surface area contributed by atoms with Crippen molar-refractivity contribution in [2.75, 3.05) is 0 Å². The molecule has 0 aliphatic rings. The molecule has 0 N–H and O–H groups in total. The van der Waals surface area contributed by atoms with Crippen molar-refractivity contribution in [1.82, 2.24) is 0 Å². The molecule has 1 heterocycles. The van der Waals surface area contributed by atoms with Crippen LogP contribution in [0, 0.1) is 0 Å². The summed E-state index contributed by atoms with van der Waals surface area (Å²) in [5.74, 6) is -0.0447. The highest BCUT2D eigenvalue weighted by Crippen LogP contribution is 2.23. The number of carbonyl (C=O) groups excluding carboxylic acids is 1. The van der Waals surface area contributed by atoms with Crippen LogP contribution in [0.1, 0.15) is 15.2 Å². The second kappa shape index (κ2) is 6.02. The van der Waals surface area contributed by atoms with Crippen molar-refractivity contribution in [2.45, 2.75) is 0 Å². The van der Waals surface area contributed by atoms with Gasteiger partial charge in [-0.2, -0.15) is 0 Å². The number of carbonyl (C=O) groups is 1. The molecule has 0 saturated carbocycles. The van der Waals surface area contributed by atoms with E-state index in [0.29, 0.717) is 14.9 Å². The van der Waals surface area contributed by atoms with Crippen molar-refractivity contribution < 1.29 is 4.79 Å². The van der Waals surface area contributed by atoms with Crippen molar-refractivity contribution in [1.29, 1.82) is 0 Å². The van der Waals surface area contributed by atoms with Gasteiger partial charge in [0, 0.05) is 19.9 Å². The molecular formula is C13H7BrCl2OS. The Kier molecular flexibility index (Phi) is 4.62. The second-order valence-corrected chi connectivity index (χ2v) is 6.16. The van der Waals surface area contributed by atoms with E-state index in [1.54, 1.807) is 30.3 Å². The van der Waals surface area contributed by atoms with Gasteiger partial charge in [0.25, 0.3) is 0 Å². The molecule has 0 spiro atoms. The molecule has 0 bridgehead atoms. The highest BCUT2D eigenvalue weighted by atomic mass is 79.9. The maximum atomic E-state index is 11.8. The Labute approximate surface area is 127 Å². The van der Waals surface area contributed by atoms with Crippen molar-refractivity contribution in [3.63, 3.8) is 0 Å². The number of hydrogen-bond acceptors (Lipinski definition) is 2. The Bertz CT molecular complexity index is 619. The molecule has 0 saturated heterocycles. The maximum absolute atomic E-state index is 11.8. The third-order valence-electron chi connectivity index (χ3n) is 2.19. The van der Waals surface area contributed by atoms with E-state index in [0.717, 1.165) is 10.0 Å². The molecule has 2 aromatic rings. The standard InChI is InChI=1S/C13H7BrCl2OS/c14-9-5-13(18-7-9)12(17)4-2-8-1-3-10(15)6-11(8)16/h1-7H/b4-2+. The Morgan fingerprint density at radius 1 is 1.28 bits per heavy atom. The number of benzene rings is 1. The molecule has 0 fully saturated rings. The van der Waals surface area contributed by atoms with E-state index in [-0.39, 0.29) is 5.78 Å². The zero-order chi connectivity index (χ0) is 13.1. The van der Waals surface area contributed by atoms with Crippen LogP contribution >= 0.6 is 50.5 Å². The normalized spacial score (nSPS) is 11.1. The monoisotopic (exact) mass is 360 g/mol. The van der Waals surface area contributed by atoms with Crippen LogP contribution in [0.4, 0.5) is 0 Å². The number of allylic oxidation sites excluding steroid dienone is 1. The van der Waals surface area contributed by atoms with Crippen molar-refractivity contribution >= 4 is 62.3 Å². The predicted octanol–water partition coefficient (Wildman–Crippen LogP) is 5.71. The van der Waals surface area contributed by atoms with Crippen LogP contribution in [-0.2, 0) is 0 Å². The zero-order valence-electron chi connectivity index (χ0n) is 8.99. The molecule has 0 aliphatic carbocycles. The highest BCUT2D eigenvalue weighted by Gasteiger charge is 2.05. The van der Waals surface area contributed by atoms with E-state index in [1.807, 2.05) is 5.38 Å². The first-order chi connectivity index (χ1) is 8.56. The average molecular weight is 362 g/mol. The summed E-state index contributed by atoms with van der Waals surface area (Å²) in [5, 5.41) is 2.97. The van der Waals surface area contributed by atoms with Gasteiger partial charge in [0.05, 0.1) is 4.88 Å². The predicted molar refractivity (Wildman–Crippen MR) is 81.8 cm³/mol. The van der Waals surface area contributed by atoms with E-state index in [9.17, 15) is 4.79 Å². The molecule has 1 aromatic carbocycles. The molecule has 0 amide bonds. The van der Waals surface area contributed by atoms with Crippen LogP contribution in [0.25, 0.3) is 6.08 Å². The third kappa shape index (κ3) is 3.45. The van der Waals surface area contributed by atoms with Crippen LogP contribution in [0.5, 0.6) is 0 Å². The van der Waals surface area contributed by atoms with Crippen molar-refractivity contribution in [2.24, 2.45) is 0 Å². The lowest BCUT2D eigenvalue weighted by atomic mass is 10.2. The van der Waals surface area contributed by atoms with Gasteiger partial charge in [0.15, 0.2) is 5.78 Å². The summed E-state index contributed by atoms with van der Waals surface area (Å²) in [7, 11) is 0. The molecule has 0 unspecified atom stereocenters. The molecule has 1 aromatic heterocycles. The Morgan fingerprint density at radius 2 is 2.06 bits per heavy atom.